The predicted molar refractivity (Wildman–Crippen MR) is 127 cm³/mol. The van der Waals surface area contributed by atoms with Gasteiger partial charge in [0.15, 0.2) is 0 Å². The van der Waals surface area contributed by atoms with Gasteiger partial charge in [-0.2, -0.15) is 5.10 Å². The van der Waals surface area contributed by atoms with Crippen molar-refractivity contribution >= 4 is 16.5 Å². The summed E-state index contributed by atoms with van der Waals surface area (Å²) in [6.07, 6.45) is 0.570. The SMILES string of the molecule is CCOc1ccc([C@@H]2Oc3ccccc3[C@@H]3CC(c4cccc5ccccc45)=NN32)cc1. The highest BCUT2D eigenvalue weighted by molar-refractivity contribution is 6.11. The lowest BCUT2D eigenvalue weighted by molar-refractivity contribution is -0.0190. The van der Waals surface area contributed by atoms with E-state index in [4.69, 9.17) is 14.6 Å². The van der Waals surface area contributed by atoms with Crippen LogP contribution in [0.25, 0.3) is 10.8 Å². The van der Waals surface area contributed by atoms with Crippen molar-refractivity contribution in [3.05, 3.63) is 108 Å². The van der Waals surface area contributed by atoms with Crippen LogP contribution in [0.15, 0.2) is 96.1 Å². The molecule has 0 aliphatic carbocycles. The first-order valence-corrected chi connectivity index (χ1v) is 11.1. The Balaban J connectivity index is 1.44. The van der Waals surface area contributed by atoms with E-state index < -0.39 is 0 Å². The van der Waals surface area contributed by atoms with Gasteiger partial charge in [-0.25, -0.2) is 5.01 Å². The summed E-state index contributed by atoms with van der Waals surface area (Å²) in [5.41, 5.74) is 4.55. The highest BCUT2D eigenvalue weighted by Crippen LogP contribution is 2.47. The maximum absolute atomic E-state index is 6.48. The summed E-state index contributed by atoms with van der Waals surface area (Å²) < 4.78 is 12.1. The molecule has 0 N–H and O–H groups in total. The molecule has 0 bridgehead atoms. The molecule has 32 heavy (non-hydrogen) atoms. The van der Waals surface area contributed by atoms with Gasteiger partial charge in [0.2, 0.25) is 6.23 Å². The van der Waals surface area contributed by atoms with Gasteiger partial charge >= 0.3 is 0 Å². The molecule has 0 aromatic heterocycles. The van der Waals surface area contributed by atoms with Crippen LogP contribution in [0.3, 0.4) is 0 Å². The Morgan fingerprint density at radius 3 is 2.56 bits per heavy atom. The molecule has 2 heterocycles. The van der Waals surface area contributed by atoms with Crippen LogP contribution in [0.5, 0.6) is 11.5 Å². The number of hydrazone groups is 1. The molecule has 0 fully saturated rings. The monoisotopic (exact) mass is 420 g/mol. The lowest BCUT2D eigenvalue weighted by atomic mass is 9.93. The Kier molecular flexibility index (Phi) is 4.57. The van der Waals surface area contributed by atoms with Gasteiger partial charge in [0.1, 0.15) is 11.5 Å². The minimum atomic E-state index is -0.280. The van der Waals surface area contributed by atoms with Crippen molar-refractivity contribution in [1.29, 1.82) is 0 Å². The zero-order valence-corrected chi connectivity index (χ0v) is 17.9. The molecule has 2 aliphatic heterocycles. The van der Waals surface area contributed by atoms with Gasteiger partial charge in [-0.3, -0.25) is 0 Å². The van der Waals surface area contributed by atoms with Crippen molar-refractivity contribution in [3.8, 4) is 11.5 Å². The van der Waals surface area contributed by atoms with E-state index in [1.807, 2.05) is 25.1 Å². The number of hydrogen-bond acceptors (Lipinski definition) is 4. The normalized spacial score (nSPS) is 19.2. The molecule has 0 amide bonds. The average Bonchev–Trinajstić information content (AvgIpc) is 3.29. The fourth-order valence-electron chi connectivity index (χ4n) is 4.79. The highest BCUT2D eigenvalue weighted by atomic mass is 16.5. The van der Waals surface area contributed by atoms with E-state index in [1.54, 1.807) is 0 Å². The van der Waals surface area contributed by atoms with E-state index >= 15 is 0 Å². The van der Waals surface area contributed by atoms with Crippen LogP contribution in [-0.2, 0) is 0 Å². The van der Waals surface area contributed by atoms with Gasteiger partial charge in [-0.05, 0) is 48.0 Å². The molecule has 4 nitrogen and oxygen atoms in total. The maximum atomic E-state index is 6.48. The zero-order chi connectivity index (χ0) is 21.5. The fourth-order valence-corrected chi connectivity index (χ4v) is 4.79. The van der Waals surface area contributed by atoms with Crippen molar-refractivity contribution in [1.82, 2.24) is 5.01 Å². The van der Waals surface area contributed by atoms with Gasteiger partial charge in [-0.1, -0.05) is 60.7 Å². The molecular formula is C28H24N2O2. The number of fused-ring (bicyclic) bond motifs is 4. The summed E-state index contributed by atoms with van der Waals surface area (Å²) >= 11 is 0. The third kappa shape index (κ3) is 3.11. The predicted octanol–water partition coefficient (Wildman–Crippen LogP) is 6.48. The van der Waals surface area contributed by atoms with Crippen LogP contribution in [-0.4, -0.2) is 17.3 Å². The van der Waals surface area contributed by atoms with Crippen molar-refractivity contribution < 1.29 is 9.47 Å². The van der Waals surface area contributed by atoms with Gasteiger partial charge in [-0.15, -0.1) is 0 Å². The molecule has 0 radical (unpaired) electrons. The first-order chi connectivity index (χ1) is 15.8. The molecule has 2 aliphatic rings. The standard InChI is InChI=1S/C28H24N2O2/c1-2-31-21-16-14-20(15-17-21)28-30-26(24-11-5-6-13-27(24)32-28)18-25(29-30)23-12-7-9-19-8-3-4-10-22(19)23/h3-17,26,28H,2,18H2,1H3/t26-,28-/m0/s1. The van der Waals surface area contributed by atoms with E-state index in [-0.39, 0.29) is 12.3 Å². The molecule has 6 rings (SSSR count). The Labute approximate surface area is 187 Å². The van der Waals surface area contributed by atoms with Crippen LogP contribution < -0.4 is 9.47 Å². The van der Waals surface area contributed by atoms with Crippen molar-refractivity contribution in [2.75, 3.05) is 6.61 Å². The topological polar surface area (TPSA) is 34.1 Å². The summed E-state index contributed by atoms with van der Waals surface area (Å²) in [4.78, 5) is 0. The Morgan fingerprint density at radius 2 is 1.69 bits per heavy atom. The third-order valence-electron chi connectivity index (χ3n) is 6.28. The molecule has 0 spiro atoms. The number of para-hydroxylation sites is 1. The molecule has 158 valence electrons. The van der Waals surface area contributed by atoms with Crippen LogP contribution >= 0.6 is 0 Å². The van der Waals surface area contributed by atoms with Crippen LogP contribution in [0.2, 0.25) is 0 Å². The summed E-state index contributed by atoms with van der Waals surface area (Å²) in [6, 6.07) is 31.6. The fraction of sp³-hybridized carbons (Fsp3) is 0.179. The molecule has 2 atom stereocenters. The van der Waals surface area contributed by atoms with Crippen molar-refractivity contribution in [2.45, 2.75) is 25.6 Å². The molecule has 0 saturated carbocycles. The van der Waals surface area contributed by atoms with E-state index in [0.29, 0.717) is 6.61 Å². The molecular weight excluding hydrogens is 396 g/mol. The van der Waals surface area contributed by atoms with Crippen molar-refractivity contribution in [3.63, 3.8) is 0 Å². The zero-order valence-electron chi connectivity index (χ0n) is 17.9. The van der Waals surface area contributed by atoms with Gasteiger partial charge in [0.05, 0.1) is 18.4 Å². The first kappa shape index (κ1) is 18.9. The quantitative estimate of drug-likeness (QED) is 0.379. The minimum Gasteiger partial charge on any atom is -0.494 e. The van der Waals surface area contributed by atoms with E-state index in [2.05, 4.69) is 77.8 Å². The van der Waals surface area contributed by atoms with Gasteiger partial charge < -0.3 is 9.47 Å². The van der Waals surface area contributed by atoms with Gasteiger partial charge in [0.25, 0.3) is 0 Å². The number of nitrogens with zero attached hydrogens (tertiary/aromatic N) is 2. The lowest BCUT2D eigenvalue weighted by Crippen LogP contribution is -2.33. The number of ether oxygens (including phenoxy) is 2. The Bertz CT molecular complexity index is 1310. The van der Waals surface area contributed by atoms with Crippen LogP contribution in [0, 0.1) is 0 Å². The molecule has 0 saturated heterocycles. The van der Waals surface area contributed by atoms with Crippen LogP contribution in [0.4, 0.5) is 0 Å². The summed E-state index contributed by atoms with van der Waals surface area (Å²) in [5, 5.41) is 9.74. The minimum absolute atomic E-state index is 0.144. The van der Waals surface area contributed by atoms with E-state index in [0.717, 1.165) is 29.2 Å². The molecule has 0 unspecified atom stereocenters. The summed E-state index contributed by atoms with van der Waals surface area (Å²) in [7, 11) is 0. The molecule has 4 heteroatoms. The highest BCUT2D eigenvalue weighted by Gasteiger charge is 2.41. The van der Waals surface area contributed by atoms with Crippen LogP contribution in [0.1, 0.15) is 42.3 Å². The largest absolute Gasteiger partial charge is 0.494 e. The van der Waals surface area contributed by atoms with Crippen molar-refractivity contribution in [2.24, 2.45) is 5.10 Å². The average molecular weight is 421 g/mol. The number of rotatable bonds is 4. The molecule has 4 aromatic carbocycles. The number of benzene rings is 4. The number of hydrogen-bond donors (Lipinski definition) is 0. The lowest BCUT2D eigenvalue weighted by Gasteiger charge is -2.38. The second-order valence-electron chi connectivity index (χ2n) is 8.18. The summed E-state index contributed by atoms with van der Waals surface area (Å²) in [6.45, 7) is 2.65. The smallest absolute Gasteiger partial charge is 0.213 e. The first-order valence-electron chi connectivity index (χ1n) is 11.1. The van der Waals surface area contributed by atoms with E-state index in [9.17, 15) is 0 Å². The Morgan fingerprint density at radius 1 is 0.906 bits per heavy atom. The second-order valence-corrected chi connectivity index (χ2v) is 8.18. The second kappa shape index (κ2) is 7.72. The maximum Gasteiger partial charge on any atom is 0.213 e. The molecule has 4 aromatic rings. The van der Waals surface area contributed by atoms with E-state index in [1.165, 1.54) is 21.9 Å². The Hall–Kier alpha value is -3.79. The third-order valence-corrected chi connectivity index (χ3v) is 6.28. The van der Waals surface area contributed by atoms with Gasteiger partial charge in [0, 0.05) is 23.1 Å². The summed E-state index contributed by atoms with van der Waals surface area (Å²) in [5.74, 6) is 1.80.